The van der Waals surface area contributed by atoms with Crippen LogP contribution in [0.15, 0.2) is 22.6 Å². The van der Waals surface area contributed by atoms with E-state index in [1.165, 1.54) is 0 Å². The number of anilines is 1. The monoisotopic (exact) mass is 204 g/mol. The first-order chi connectivity index (χ1) is 7.16. The summed E-state index contributed by atoms with van der Waals surface area (Å²) in [5.41, 5.74) is 8.06. The molecule has 0 unspecified atom stereocenters. The van der Waals surface area contributed by atoms with Crippen LogP contribution in [0.2, 0.25) is 0 Å². The Labute approximate surface area is 89.3 Å². The molecule has 0 radical (unpaired) electrons. The van der Waals surface area contributed by atoms with Crippen LogP contribution in [-0.4, -0.2) is 4.98 Å². The molecule has 1 aromatic heterocycles. The minimum absolute atomic E-state index is 0.664. The predicted molar refractivity (Wildman–Crippen MR) is 61.6 cm³/mol. The van der Waals surface area contributed by atoms with Gasteiger partial charge in [-0.3, -0.25) is 0 Å². The number of rotatable bonds is 3. The van der Waals surface area contributed by atoms with Crippen LogP contribution >= 0.6 is 0 Å². The normalized spacial score (nSPS) is 11.4. The van der Waals surface area contributed by atoms with Crippen LogP contribution in [0.1, 0.15) is 26.2 Å². The lowest BCUT2D eigenvalue weighted by Crippen LogP contribution is -1.92. The summed E-state index contributed by atoms with van der Waals surface area (Å²) in [6.45, 7) is 4.38. The van der Waals surface area contributed by atoms with Gasteiger partial charge in [0, 0.05) is 6.42 Å². The molecule has 2 rings (SSSR count). The van der Waals surface area contributed by atoms with Crippen molar-refractivity contribution in [2.45, 2.75) is 26.7 Å². The van der Waals surface area contributed by atoms with E-state index in [2.05, 4.69) is 18.8 Å². The fraction of sp³-hybridized carbons (Fsp3) is 0.417. The number of nitrogens with zero attached hydrogens (tertiary/aromatic N) is 1. The summed E-state index contributed by atoms with van der Waals surface area (Å²) < 4.78 is 5.61. The maximum Gasteiger partial charge on any atom is 0.195 e. The predicted octanol–water partition coefficient (Wildman–Crippen LogP) is 3.00. The molecule has 0 saturated heterocycles. The van der Waals surface area contributed by atoms with Gasteiger partial charge in [-0.1, -0.05) is 19.9 Å². The molecule has 2 N–H and O–H groups in total. The molecule has 0 atom stereocenters. The van der Waals surface area contributed by atoms with E-state index in [1.807, 2.05) is 18.2 Å². The number of aryl methyl sites for hydroxylation is 1. The van der Waals surface area contributed by atoms with Crippen LogP contribution in [0.4, 0.5) is 5.69 Å². The Morgan fingerprint density at radius 1 is 1.40 bits per heavy atom. The molecule has 0 bridgehead atoms. The number of para-hydroxylation sites is 1. The first kappa shape index (κ1) is 10.0. The number of aromatic nitrogens is 1. The third-order valence-electron chi connectivity index (χ3n) is 2.43. The second kappa shape index (κ2) is 3.93. The van der Waals surface area contributed by atoms with Crippen LogP contribution in [0.5, 0.6) is 0 Å². The lowest BCUT2D eigenvalue weighted by atomic mass is 10.1. The summed E-state index contributed by atoms with van der Waals surface area (Å²) in [7, 11) is 0. The SMILES string of the molecule is CC(C)CCc1nc2c(N)cccc2o1. The van der Waals surface area contributed by atoms with Gasteiger partial charge in [0.2, 0.25) is 0 Å². The van der Waals surface area contributed by atoms with Crippen molar-refractivity contribution in [3.05, 3.63) is 24.1 Å². The summed E-state index contributed by atoms with van der Waals surface area (Å²) >= 11 is 0. The number of fused-ring (bicyclic) bond motifs is 1. The number of benzene rings is 1. The van der Waals surface area contributed by atoms with Gasteiger partial charge in [-0.25, -0.2) is 4.98 Å². The summed E-state index contributed by atoms with van der Waals surface area (Å²) in [6, 6.07) is 5.63. The van der Waals surface area contributed by atoms with Gasteiger partial charge in [0.25, 0.3) is 0 Å². The van der Waals surface area contributed by atoms with Gasteiger partial charge in [-0.15, -0.1) is 0 Å². The van der Waals surface area contributed by atoms with Crippen LogP contribution in [0, 0.1) is 5.92 Å². The van der Waals surface area contributed by atoms with Crippen molar-refractivity contribution in [2.75, 3.05) is 5.73 Å². The lowest BCUT2D eigenvalue weighted by molar-refractivity contribution is 0.484. The summed E-state index contributed by atoms with van der Waals surface area (Å²) in [4.78, 5) is 4.39. The van der Waals surface area contributed by atoms with Crippen molar-refractivity contribution in [3.8, 4) is 0 Å². The first-order valence-electron chi connectivity index (χ1n) is 5.30. The topological polar surface area (TPSA) is 52.0 Å². The molecule has 0 aliphatic carbocycles. The molecule has 0 aliphatic heterocycles. The molecule has 15 heavy (non-hydrogen) atoms. The smallest absolute Gasteiger partial charge is 0.195 e. The molecule has 0 aliphatic rings. The third kappa shape index (κ3) is 2.12. The third-order valence-corrected chi connectivity index (χ3v) is 2.43. The molecule has 0 amide bonds. The van der Waals surface area contributed by atoms with Crippen molar-refractivity contribution in [3.63, 3.8) is 0 Å². The lowest BCUT2D eigenvalue weighted by Gasteiger charge is -1.99. The van der Waals surface area contributed by atoms with Gasteiger partial charge < -0.3 is 10.2 Å². The Kier molecular flexibility index (Phi) is 2.62. The molecular formula is C12H16N2O. The van der Waals surface area contributed by atoms with Gasteiger partial charge in [-0.05, 0) is 24.5 Å². The molecular weight excluding hydrogens is 188 g/mol. The highest BCUT2D eigenvalue weighted by Crippen LogP contribution is 2.22. The average Bonchev–Trinajstić information content (AvgIpc) is 2.59. The second-order valence-corrected chi connectivity index (χ2v) is 4.23. The van der Waals surface area contributed by atoms with Crippen LogP contribution in [0.3, 0.4) is 0 Å². The minimum Gasteiger partial charge on any atom is -0.441 e. The second-order valence-electron chi connectivity index (χ2n) is 4.23. The van der Waals surface area contributed by atoms with Crippen molar-refractivity contribution in [1.29, 1.82) is 0 Å². The zero-order chi connectivity index (χ0) is 10.8. The largest absolute Gasteiger partial charge is 0.441 e. The van der Waals surface area contributed by atoms with Gasteiger partial charge in [0.1, 0.15) is 5.52 Å². The summed E-state index contributed by atoms with van der Waals surface area (Å²) in [5.74, 6) is 1.45. The number of oxazole rings is 1. The molecule has 80 valence electrons. The Hall–Kier alpha value is -1.51. The highest BCUT2D eigenvalue weighted by molar-refractivity contribution is 5.85. The highest BCUT2D eigenvalue weighted by Gasteiger charge is 2.08. The molecule has 2 aromatic rings. The van der Waals surface area contributed by atoms with Crippen molar-refractivity contribution in [1.82, 2.24) is 4.98 Å². The van der Waals surface area contributed by atoms with Crippen molar-refractivity contribution in [2.24, 2.45) is 5.92 Å². The molecule has 3 heteroatoms. The van der Waals surface area contributed by atoms with Crippen LogP contribution in [-0.2, 0) is 6.42 Å². The standard InChI is InChI=1S/C12H16N2O/c1-8(2)6-7-11-14-12-9(13)4-3-5-10(12)15-11/h3-5,8H,6-7,13H2,1-2H3. The number of nitrogens with two attached hydrogens (primary N) is 1. The average molecular weight is 204 g/mol. The van der Waals surface area contributed by atoms with E-state index in [9.17, 15) is 0 Å². The number of hydrogen-bond donors (Lipinski definition) is 1. The van der Waals surface area contributed by atoms with E-state index in [-0.39, 0.29) is 0 Å². The fourth-order valence-electron chi connectivity index (χ4n) is 1.53. The maximum absolute atomic E-state index is 5.80. The molecule has 1 aromatic carbocycles. The summed E-state index contributed by atoms with van der Waals surface area (Å²) in [5, 5.41) is 0. The molecule has 0 spiro atoms. The van der Waals surface area contributed by atoms with E-state index in [0.29, 0.717) is 11.6 Å². The van der Waals surface area contributed by atoms with Crippen LogP contribution in [0.25, 0.3) is 11.1 Å². The highest BCUT2D eigenvalue weighted by atomic mass is 16.3. The Morgan fingerprint density at radius 2 is 2.20 bits per heavy atom. The Balaban J connectivity index is 2.27. The molecule has 1 heterocycles. The van der Waals surface area contributed by atoms with E-state index in [4.69, 9.17) is 10.2 Å². The maximum atomic E-state index is 5.80. The van der Waals surface area contributed by atoms with Gasteiger partial charge in [-0.2, -0.15) is 0 Å². The Morgan fingerprint density at radius 3 is 2.87 bits per heavy atom. The quantitative estimate of drug-likeness (QED) is 0.782. The van der Waals surface area contributed by atoms with Crippen molar-refractivity contribution < 1.29 is 4.42 Å². The van der Waals surface area contributed by atoms with Crippen LogP contribution < -0.4 is 5.73 Å². The van der Waals surface area contributed by atoms with Gasteiger partial charge >= 0.3 is 0 Å². The van der Waals surface area contributed by atoms with E-state index in [1.54, 1.807) is 0 Å². The number of nitrogen functional groups attached to an aromatic ring is 1. The van der Waals surface area contributed by atoms with Gasteiger partial charge in [0.15, 0.2) is 11.5 Å². The van der Waals surface area contributed by atoms with Crippen molar-refractivity contribution >= 4 is 16.8 Å². The van der Waals surface area contributed by atoms with E-state index < -0.39 is 0 Å². The Bertz CT molecular complexity index is 460. The summed E-state index contributed by atoms with van der Waals surface area (Å²) in [6.07, 6.45) is 1.97. The fourth-order valence-corrected chi connectivity index (χ4v) is 1.53. The van der Waals surface area contributed by atoms with E-state index >= 15 is 0 Å². The molecule has 3 nitrogen and oxygen atoms in total. The zero-order valence-electron chi connectivity index (χ0n) is 9.16. The number of hydrogen-bond acceptors (Lipinski definition) is 3. The first-order valence-corrected chi connectivity index (χ1v) is 5.30. The molecule has 0 fully saturated rings. The van der Waals surface area contributed by atoms with Gasteiger partial charge in [0.05, 0.1) is 5.69 Å². The zero-order valence-corrected chi connectivity index (χ0v) is 9.16. The molecule has 0 saturated carbocycles. The minimum atomic E-state index is 0.664. The van der Waals surface area contributed by atoms with E-state index in [0.717, 1.165) is 29.8 Å².